The third-order valence-corrected chi connectivity index (χ3v) is 2.37. The summed E-state index contributed by atoms with van der Waals surface area (Å²) in [6, 6.07) is 6.55. The zero-order valence-corrected chi connectivity index (χ0v) is 12.1. The van der Waals surface area contributed by atoms with Gasteiger partial charge in [0.15, 0.2) is 0 Å². The molecular formula is C14H25NO4. The Labute approximate surface area is 115 Å². The van der Waals surface area contributed by atoms with Crippen LogP contribution in [0.3, 0.4) is 0 Å². The van der Waals surface area contributed by atoms with Crippen molar-refractivity contribution in [3.63, 3.8) is 0 Å². The van der Waals surface area contributed by atoms with Gasteiger partial charge in [0.2, 0.25) is 0 Å². The van der Waals surface area contributed by atoms with Crippen molar-refractivity contribution in [1.82, 2.24) is 0 Å². The minimum Gasteiger partial charge on any atom is -0.465 e. The minimum atomic E-state index is -1.33. The van der Waals surface area contributed by atoms with Gasteiger partial charge in [0.1, 0.15) is 6.79 Å². The number of nitrogens with two attached hydrogens (primary N) is 1. The zero-order valence-electron chi connectivity index (χ0n) is 12.1. The number of methoxy groups -OCH3 is 1. The van der Waals surface area contributed by atoms with Gasteiger partial charge in [0, 0.05) is 7.11 Å². The van der Waals surface area contributed by atoms with Gasteiger partial charge in [-0.2, -0.15) is 0 Å². The first kappa shape index (κ1) is 19.7. The topological polar surface area (TPSA) is 92.8 Å². The zero-order chi connectivity index (χ0) is 15.3. The fourth-order valence-corrected chi connectivity index (χ4v) is 1.35. The predicted octanol–water partition coefficient (Wildman–Crippen LogP) is 2.46. The normalized spacial score (nSPS) is 8.68. The molecule has 4 N–H and O–H groups in total. The Balaban J connectivity index is 0. The van der Waals surface area contributed by atoms with Crippen molar-refractivity contribution in [3.05, 3.63) is 34.9 Å². The van der Waals surface area contributed by atoms with Gasteiger partial charge in [0.25, 0.3) is 0 Å². The van der Waals surface area contributed by atoms with Crippen molar-refractivity contribution in [2.45, 2.75) is 33.6 Å². The van der Waals surface area contributed by atoms with Crippen molar-refractivity contribution >= 4 is 6.09 Å². The second-order valence-corrected chi connectivity index (χ2v) is 3.87. The van der Waals surface area contributed by atoms with Crippen LogP contribution < -0.4 is 5.73 Å². The summed E-state index contributed by atoms with van der Waals surface area (Å²) in [4.78, 5) is 8.78. The maximum Gasteiger partial charge on any atom is 0.402 e. The summed E-state index contributed by atoms with van der Waals surface area (Å²) >= 11 is 0. The Kier molecular flexibility index (Phi) is 13.4. The molecule has 1 rings (SSSR count). The van der Waals surface area contributed by atoms with Crippen LogP contribution in [0, 0.1) is 13.8 Å². The lowest BCUT2D eigenvalue weighted by atomic mass is 10.0. The van der Waals surface area contributed by atoms with Crippen LogP contribution in [0.15, 0.2) is 18.2 Å². The van der Waals surface area contributed by atoms with Crippen LogP contribution in [0.5, 0.6) is 0 Å². The first-order chi connectivity index (χ1) is 8.90. The summed E-state index contributed by atoms with van der Waals surface area (Å²) in [5.74, 6) is 0. The number of hydrogen-bond donors (Lipinski definition) is 3. The van der Waals surface area contributed by atoms with Gasteiger partial charge in [-0.05, 0) is 37.0 Å². The Morgan fingerprint density at radius 3 is 2.21 bits per heavy atom. The standard InChI is InChI=1S/C11H16.C2H6O2.CH3NO2/c1-4-6-11-8-5-7-9(2)10(11)3;1-4-2-3;2-1(3)4/h5,7-8H,4,6H2,1-3H3;3H,2H2,1H3;2H2,(H,3,4). The van der Waals surface area contributed by atoms with E-state index >= 15 is 0 Å². The van der Waals surface area contributed by atoms with E-state index < -0.39 is 6.09 Å². The van der Waals surface area contributed by atoms with Gasteiger partial charge in [-0.1, -0.05) is 31.5 Å². The maximum atomic E-state index is 8.78. The van der Waals surface area contributed by atoms with E-state index in [0.717, 1.165) is 0 Å². The predicted molar refractivity (Wildman–Crippen MR) is 76.2 cm³/mol. The number of aliphatic hydroxyl groups is 1. The summed E-state index contributed by atoms with van der Waals surface area (Å²) < 4.78 is 4.10. The van der Waals surface area contributed by atoms with Gasteiger partial charge in [-0.15, -0.1) is 0 Å². The molecule has 5 heteroatoms. The molecule has 5 nitrogen and oxygen atoms in total. The fraction of sp³-hybridized carbons (Fsp3) is 0.500. The Morgan fingerprint density at radius 1 is 1.37 bits per heavy atom. The van der Waals surface area contributed by atoms with E-state index in [1.165, 1.54) is 36.6 Å². The molecule has 0 aliphatic rings. The number of benzene rings is 1. The number of aryl methyl sites for hydroxylation is 2. The first-order valence-electron chi connectivity index (χ1n) is 6.03. The summed E-state index contributed by atoms with van der Waals surface area (Å²) in [5.41, 5.74) is 8.41. The molecular weight excluding hydrogens is 246 g/mol. The third-order valence-electron chi connectivity index (χ3n) is 2.37. The highest BCUT2D eigenvalue weighted by molar-refractivity contribution is 5.61. The summed E-state index contributed by atoms with van der Waals surface area (Å²) in [5, 5.41) is 14.8. The van der Waals surface area contributed by atoms with Crippen LogP contribution in [-0.4, -0.2) is 30.2 Å². The average molecular weight is 271 g/mol. The highest BCUT2D eigenvalue weighted by Gasteiger charge is 1.97. The molecule has 0 aliphatic heterocycles. The molecule has 0 unspecified atom stereocenters. The molecule has 0 heterocycles. The second kappa shape index (κ2) is 12.9. The smallest absolute Gasteiger partial charge is 0.402 e. The third kappa shape index (κ3) is 12.7. The van der Waals surface area contributed by atoms with Crippen molar-refractivity contribution in [2.24, 2.45) is 5.73 Å². The highest BCUT2D eigenvalue weighted by Crippen LogP contribution is 2.13. The number of hydrogen-bond acceptors (Lipinski definition) is 3. The van der Waals surface area contributed by atoms with Crippen LogP contribution >= 0.6 is 0 Å². The summed E-state index contributed by atoms with van der Waals surface area (Å²) in [6.45, 7) is 6.43. The van der Waals surface area contributed by atoms with Gasteiger partial charge >= 0.3 is 6.09 Å². The Hall–Kier alpha value is -1.59. The molecule has 0 radical (unpaired) electrons. The molecule has 0 aliphatic carbocycles. The average Bonchev–Trinajstić information content (AvgIpc) is 2.35. The van der Waals surface area contributed by atoms with E-state index in [1.807, 2.05) is 0 Å². The second-order valence-electron chi connectivity index (χ2n) is 3.87. The van der Waals surface area contributed by atoms with Crippen LogP contribution in [0.25, 0.3) is 0 Å². The molecule has 0 spiro atoms. The van der Waals surface area contributed by atoms with Gasteiger partial charge in [-0.3, -0.25) is 0 Å². The van der Waals surface area contributed by atoms with Crippen molar-refractivity contribution in [2.75, 3.05) is 13.9 Å². The summed E-state index contributed by atoms with van der Waals surface area (Å²) in [7, 11) is 1.43. The SMILES string of the molecule is CCCc1cccc(C)c1C.COCO.NC(=O)O. The number of amides is 1. The van der Waals surface area contributed by atoms with Gasteiger partial charge < -0.3 is 20.7 Å². The van der Waals surface area contributed by atoms with E-state index in [0.29, 0.717) is 0 Å². The van der Waals surface area contributed by atoms with Crippen LogP contribution in [0.4, 0.5) is 4.79 Å². The lowest BCUT2D eigenvalue weighted by molar-refractivity contribution is 0.0325. The van der Waals surface area contributed by atoms with Gasteiger partial charge in [0.05, 0.1) is 0 Å². The number of primary amides is 1. The Bertz CT molecular complexity index is 347. The van der Waals surface area contributed by atoms with Crippen molar-refractivity contribution in [1.29, 1.82) is 0 Å². The van der Waals surface area contributed by atoms with E-state index in [1.54, 1.807) is 0 Å². The largest absolute Gasteiger partial charge is 0.465 e. The van der Waals surface area contributed by atoms with Crippen LogP contribution in [-0.2, 0) is 11.2 Å². The molecule has 0 saturated heterocycles. The fourth-order valence-electron chi connectivity index (χ4n) is 1.35. The molecule has 1 amide bonds. The quantitative estimate of drug-likeness (QED) is 0.736. The maximum absolute atomic E-state index is 8.78. The first-order valence-corrected chi connectivity index (χ1v) is 6.03. The number of rotatable bonds is 3. The molecule has 1 aromatic rings. The summed E-state index contributed by atoms with van der Waals surface area (Å²) in [6.07, 6.45) is 1.12. The molecule has 110 valence electrons. The molecule has 0 bridgehead atoms. The number of ether oxygens (including phenoxy) is 1. The van der Waals surface area contributed by atoms with Crippen molar-refractivity contribution in [3.8, 4) is 0 Å². The van der Waals surface area contributed by atoms with Crippen molar-refractivity contribution < 1.29 is 19.7 Å². The molecule has 1 aromatic carbocycles. The van der Waals surface area contributed by atoms with E-state index in [-0.39, 0.29) is 6.79 Å². The lowest BCUT2D eigenvalue weighted by Crippen LogP contribution is -2.03. The Morgan fingerprint density at radius 2 is 1.84 bits per heavy atom. The molecule has 19 heavy (non-hydrogen) atoms. The van der Waals surface area contributed by atoms with Crippen LogP contribution in [0.2, 0.25) is 0 Å². The monoisotopic (exact) mass is 271 g/mol. The van der Waals surface area contributed by atoms with E-state index in [4.69, 9.17) is 15.0 Å². The number of carbonyl (C=O) groups is 1. The van der Waals surface area contributed by atoms with Gasteiger partial charge in [-0.25, -0.2) is 4.79 Å². The van der Waals surface area contributed by atoms with E-state index in [2.05, 4.69) is 49.4 Å². The lowest BCUT2D eigenvalue weighted by Gasteiger charge is -2.05. The number of aliphatic hydroxyl groups excluding tert-OH is 1. The van der Waals surface area contributed by atoms with Crippen LogP contribution in [0.1, 0.15) is 30.0 Å². The molecule has 0 fully saturated rings. The molecule has 0 aromatic heterocycles. The number of carboxylic acid groups (broad SMARTS) is 1. The highest BCUT2D eigenvalue weighted by atomic mass is 16.6. The molecule has 0 saturated carbocycles. The molecule has 0 atom stereocenters. The minimum absolute atomic E-state index is 0.181. The van der Waals surface area contributed by atoms with E-state index in [9.17, 15) is 0 Å².